The van der Waals surface area contributed by atoms with Crippen molar-refractivity contribution in [3.8, 4) is 5.75 Å². The van der Waals surface area contributed by atoms with Crippen molar-refractivity contribution in [1.29, 1.82) is 0 Å². The molecule has 0 aliphatic carbocycles. The molecule has 2 amide bonds. The second kappa shape index (κ2) is 17.2. The third-order valence-corrected chi connectivity index (χ3v) is 9.99. The lowest BCUT2D eigenvalue weighted by Gasteiger charge is -2.34. The Bertz CT molecular complexity index is 1740. The molecule has 4 aromatic rings. The molecule has 0 aromatic heterocycles. The van der Waals surface area contributed by atoms with Gasteiger partial charge in [-0.15, -0.1) is 0 Å². The van der Waals surface area contributed by atoms with Crippen LogP contribution in [-0.2, 0) is 32.6 Å². The van der Waals surface area contributed by atoms with E-state index in [1.54, 1.807) is 67.6 Å². The molecule has 1 atom stereocenters. The molecule has 47 heavy (non-hydrogen) atoms. The third kappa shape index (κ3) is 9.50. The summed E-state index contributed by atoms with van der Waals surface area (Å²) >= 11 is 12.6. The van der Waals surface area contributed by atoms with Crippen LogP contribution in [-0.4, -0.2) is 50.9 Å². The summed E-state index contributed by atoms with van der Waals surface area (Å²) in [5, 5.41) is 3.62. The van der Waals surface area contributed by atoms with Crippen molar-refractivity contribution in [2.75, 3.05) is 24.0 Å². The van der Waals surface area contributed by atoms with Gasteiger partial charge in [0.15, 0.2) is 0 Å². The first kappa shape index (κ1) is 35.8. The molecule has 0 heterocycles. The topological polar surface area (TPSA) is 96.0 Å². The SMILES string of the molecule is CCCCNC(=O)[C@H](Cc1ccccc1)N(Cc1ccc(Cl)c(Cl)c1)C(=O)CN(c1ccccc1OCC)S(=O)(=O)c1ccccc1. The molecule has 4 rings (SSSR count). The van der Waals surface area contributed by atoms with Crippen molar-refractivity contribution < 1.29 is 22.7 Å². The zero-order chi connectivity index (χ0) is 33.8. The molecule has 1 N–H and O–H groups in total. The number of ether oxygens (including phenoxy) is 1. The maximum Gasteiger partial charge on any atom is 0.264 e. The number of para-hydroxylation sites is 2. The van der Waals surface area contributed by atoms with Gasteiger partial charge in [-0.05, 0) is 60.9 Å². The molecule has 0 aliphatic heterocycles. The van der Waals surface area contributed by atoms with Crippen molar-refractivity contribution in [3.63, 3.8) is 0 Å². The van der Waals surface area contributed by atoms with E-state index in [-0.39, 0.29) is 36.1 Å². The highest BCUT2D eigenvalue weighted by atomic mass is 35.5. The highest BCUT2D eigenvalue weighted by Crippen LogP contribution is 2.33. The van der Waals surface area contributed by atoms with Crippen LogP contribution in [0.2, 0.25) is 10.0 Å². The number of anilines is 1. The molecular weight excluding hydrogens is 657 g/mol. The Balaban J connectivity index is 1.83. The number of hydrogen-bond donors (Lipinski definition) is 1. The average molecular weight is 697 g/mol. The number of sulfonamides is 1. The van der Waals surface area contributed by atoms with Crippen molar-refractivity contribution in [1.82, 2.24) is 10.2 Å². The third-order valence-electron chi connectivity index (χ3n) is 7.48. The summed E-state index contributed by atoms with van der Waals surface area (Å²) < 4.78 is 35.3. The van der Waals surface area contributed by atoms with Crippen LogP contribution in [0.25, 0.3) is 0 Å². The van der Waals surface area contributed by atoms with Crippen molar-refractivity contribution in [3.05, 3.63) is 124 Å². The maximum absolute atomic E-state index is 14.6. The number of nitrogens with one attached hydrogen (secondary N) is 1. The largest absolute Gasteiger partial charge is 0.492 e. The van der Waals surface area contributed by atoms with Crippen molar-refractivity contribution in [2.45, 2.75) is 50.6 Å². The minimum atomic E-state index is -4.26. The monoisotopic (exact) mass is 695 g/mol. The number of rotatable bonds is 16. The first-order valence-electron chi connectivity index (χ1n) is 15.5. The molecule has 0 spiro atoms. The van der Waals surface area contributed by atoms with Crippen LogP contribution in [0.15, 0.2) is 108 Å². The summed E-state index contributed by atoms with van der Waals surface area (Å²) in [5.74, 6) is -0.632. The Kier molecular flexibility index (Phi) is 13.1. The van der Waals surface area contributed by atoms with Gasteiger partial charge in [-0.25, -0.2) is 8.42 Å². The highest BCUT2D eigenvalue weighted by molar-refractivity contribution is 7.92. The molecule has 0 saturated heterocycles. The van der Waals surface area contributed by atoms with Gasteiger partial charge in [-0.1, -0.05) is 103 Å². The predicted octanol–water partition coefficient (Wildman–Crippen LogP) is 7.14. The number of carbonyl (C=O) groups is 2. The Morgan fingerprint density at radius 2 is 1.49 bits per heavy atom. The molecule has 0 aliphatic rings. The predicted molar refractivity (Wildman–Crippen MR) is 187 cm³/mol. The number of halogens is 2. The molecule has 11 heteroatoms. The minimum absolute atomic E-state index is 0.00767. The average Bonchev–Trinajstić information content (AvgIpc) is 3.08. The second-order valence-corrected chi connectivity index (χ2v) is 13.5. The molecular formula is C36H39Cl2N3O5S. The van der Waals surface area contributed by atoms with Gasteiger partial charge in [0.2, 0.25) is 11.8 Å². The fourth-order valence-corrected chi connectivity index (χ4v) is 6.84. The number of unbranched alkanes of at least 4 members (excludes halogenated alkanes) is 1. The molecule has 0 bridgehead atoms. The lowest BCUT2D eigenvalue weighted by Crippen LogP contribution is -2.53. The van der Waals surface area contributed by atoms with E-state index in [2.05, 4.69) is 5.32 Å². The Morgan fingerprint density at radius 3 is 2.15 bits per heavy atom. The van der Waals surface area contributed by atoms with Gasteiger partial charge < -0.3 is 15.0 Å². The zero-order valence-corrected chi connectivity index (χ0v) is 28.8. The van der Waals surface area contributed by atoms with Gasteiger partial charge in [-0.3, -0.25) is 13.9 Å². The summed E-state index contributed by atoms with van der Waals surface area (Å²) in [7, 11) is -4.26. The number of amides is 2. The number of hydrogen-bond acceptors (Lipinski definition) is 5. The number of nitrogens with zero attached hydrogens (tertiary/aromatic N) is 2. The molecule has 4 aromatic carbocycles. The minimum Gasteiger partial charge on any atom is -0.492 e. The van der Waals surface area contributed by atoms with E-state index < -0.39 is 28.5 Å². The summed E-state index contributed by atoms with van der Waals surface area (Å²) in [5.41, 5.74) is 1.66. The van der Waals surface area contributed by atoms with Gasteiger partial charge in [0.25, 0.3) is 10.0 Å². The fraction of sp³-hybridized carbons (Fsp3) is 0.278. The molecule has 0 fully saturated rings. The van der Waals surface area contributed by atoms with Crippen LogP contribution in [0, 0.1) is 0 Å². The van der Waals surface area contributed by atoms with Crippen LogP contribution in [0.1, 0.15) is 37.8 Å². The maximum atomic E-state index is 14.6. The lowest BCUT2D eigenvalue weighted by molar-refractivity contribution is -0.140. The molecule has 0 saturated carbocycles. The zero-order valence-electron chi connectivity index (χ0n) is 26.4. The van der Waals surface area contributed by atoms with E-state index in [4.69, 9.17) is 27.9 Å². The second-order valence-electron chi connectivity index (χ2n) is 10.8. The summed E-state index contributed by atoms with van der Waals surface area (Å²) in [6.07, 6.45) is 1.84. The van der Waals surface area contributed by atoms with E-state index in [1.807, 2.05) is 37.3 Å². The summed E-state index contributed by atoms with van der Waals surface area (Å²) in [6.45, 7) is 3.91. The normalized spacial score (nSPS) is 11.8. The summed E-state index contributed by atoms with van der Waals surface area (Å²) in [4.78, 5) is 30.0. The fourth-order valence-electron chi connectivity index (χ4n) is 5.07. The van der Waals surface area contributed by atoms with Gasteiger partial charge in [-0.2, -0.15) is 0 Å². The molecule has 248 valence electrons. The molecule has 0 radical (unpaired) electrons. The van der Waals surface area contributed by atoms with Gasteiger partial charge in [0.05, 0.1) is 27.2 Å². The number of benzene rings is 4. The quantitative estimate of drug-likeness (QED) is 0.126. The molecule has 0 unspecified atom stereocenters. The van der Waals surface area contributed by atoms with E-state index in [1.165, 1.54) is 17.0 Å². The van der Waals surface area contributed by atoms with Crippen molar-refractivity contribution in [2.24, 2.45) is 0 Å². The molecule has 8 nitrogen and oxygen atoms in total. The Morgan fingerprint density at radius 1 is 0.830 bits per heavy atom. The van der Waals surface area contributed by atoms with Gasteiger partial charge >= 0.3 is 0 Å². The van der Waals surface area contributed by atoms with E-state index in [0.29, 0.717) is 27.9 Å². The smallest absolute Gasteiger partial charge is 0.264 e. The number of carbonyl (C=O) groups excluding carboxylic acids is 2. The lowest BCUT2D eigenvalue weighted by atomic mass is 10.0. The van der Waals surface area contributed by atoms with Crippen molar-refractivity contribution >= 4 is 50.7 Å². The van der Waals surface area contributed by atoms with Gasteiger partial charge in [0.1, 0.15) is 18.3 Å². The first-order chi connectivity index (χ1) is 22.6. The highest BCUT2D eigenvalue weighted by Gasteiger charge is 2.35. The Labute approximate surface area is 287 Å². The van der Waals surface area contributed by atoms with Crippen LogP contribution in [0.5, 0.6) is 5.75 Å². The van der Waals surface area contributed by atoms with Crippen LogP contribution in [0.4, 0.5) is 5.69 Å². The Hall–Kier alpha value is -4.05. The van der Waals surface area contributed by atoms with Crippen LogP contribution < -0.4 is 14.4 Å². The van der Waals surface area contributed by atoms with Crippen LogP contribution >= 0.6 is 23.2 Å². The van der Waals surface area contributed by atoms with Crippen LogP contribution in [0.3, 0.4) is 0 Å². The standard InChI is InChI=1S/C36H39Cl2N3O5S/c1-3-5-22-39-36(43)33(24-27-14-8-6-9-15-27)40(25-28-20-21-30(37)31(38)23-28)35(42)26-41(32-18-12-13-19-34(32)46-4-2)47(44,45)29-16-10-7-11-17-29/h6-21,23,33H,3-5,22,24-26H2,1-2H3,(H,39,43)/t33-/m0/s1. The summed E-state index contributed by atoms with van der Waals surface area (Å²) in [6, 6.07) is 28.0. The van der Waals surface area contributed by atoms with E-state index >= 15 is 0 Å². The van der Waals surface area contributed by atoms with E-state index in [0.717, 1.165) is 22.7 Å². The van der Waals surface area contributed by atoms with Gasteiger partial charge in [0, 0.05) is 19.5 Å². The van der Waals surface area contributed by atoms with E-state index in [9.17, 15) is 18.0 Å². The first-order valence-corrected chi connectivity index (χ1v) is 17.7.